The van der Waals surface area contributed by atoms with Gasteiger partial charge < -0.3 is 5.32 Å². The van der Waals surface area contributed by atoms with Gasteiger partial charge in [0.2, 0.25) is 5.91 Å². The Morgan fingerprint density at radius 3 is 2.68 bits per heavy atom. The molecule has 1 N–H and O–H groups in total. The van der Waals surface area contributed by atoms with Crippen molar-refractivity contribution in [3.05, 3.63) is 71.5 Å². The van der Waals surface area contributed by atoms with Crippen LogP contribution in [0.3, 0.4) is 0 Å². The van der Waals surface area contributed by atoms with Crippen molar-refractivity contribution in [1.82, 2.24) is 10.3 Å². The van der Waals surface area contributed by atoms with E-state index in [9.17, 15) is 9.18 Å². The quantitative estimate of drug-likeness (QED) is 0.678. The van der Waals surface area contributed by atoms with Crippen LogP contribution in [0.1, 0.15) is 24.1 Å². The zero-order valence-electron chi connectivity index (χ0n) is 14.1. The van der Waals surface area contributed by atoms with Gasteiger partial charge >= 0.3 is 0 Å². The van der Waals surface area contributed by atoms with E-state index in [4.69, 9.17) is 0 Å². The number of benzene rings is 2. The van der Waals surface area contributed by atoms with Crippen LogP contribution in [-0.2, 0) is 4.79 Å². The van der Waals surface area contributed by atoms with E-state index in [0.29, 0.717) is 0 Å². The number of aryl methyl sites for hydroxylation is 1. The first kappa shape index (κ1) is 17.4. The molecule has 3 nitrogen and oxygen atoms in total. The van der Waals surface area contributed by atoms with Gasteiger partial charge in [-0.2, -0.15) is 0 Å². The number of aromatic nitrogens is 1. The van der Waals surface area contributed by atoms with Gasteiger partial charge in [-0.15, -0.1) is 0 Å². The number of hydrogen-bond donors (Lipinski definition) is 1. The van der Waals surface area contributed by atoms with Crippen LogP contribution in [0, 0.1) is 12.7 Å². The second-order valence-electron chi connectivity index (χ2n) is 5.92. The lowest BCUT2D eigenvalue weighted by molar-refractivity contribution is -0.119. The molecule has 3 rings (SSSR count). The van der Waals surface area contributed by atoms with E-state index >= 15 is 0 Å². The normalized spacial score (nSPS) is 12.1. The molecule has 0 aliphatic carbocycles. The average Bonchev–Trinajstić information content (AvgIpc) is 2.60. The minimum absolute atomic E-state index is 0.0746. The summed E-state index contributed by atoms with van der Waals surface area (Å²) in [6.07, 6.45) is 0. The number of carbonyl (C=O) groups excluding carboxylic acids is 1. The number of amides is 1. The van der Waals surface area contributed by atoms with Crippen molar-refractivity contribution in [2.24, 2.45) is 0 Å². The molecule has 2 aromatic carbocycles. The van der Waals surface area contributed by atoms with E-state index in [1.165, 1.54) is 23.9 Å². The van der Waals surface area contributed by atoms with Gasteiger partial charge in [0.25, 0.3) is 0 Å². The molecule has 25 heavy (non-hydrogen) atoms. The predicted molar refractivity (Wildman–Crippen MR) is 100 cm³/mol. The first-order chi connectivity index (χ1) is 12.0. The molecule has 5 heteroatoms. The summed E-state index contributed by atoms with van der Waals surface area (Å²) in [5.74, 6) is -0.0685. The number of carbonyl (C=O) groups is 1. The van der Waals surface area contributed by atoms with Gasteiger partial charge in [-0.3, -0.25) is 4.79 Å². The summed E-state index contributed by atoms with van der Waals surface area (Å²) >= 11 is 1.41. The molecule has 0 aliphatic rings. The van der Waals surface area contributed by atoms with Crippen molar-refractivity contribution >= 4 is 28.6 Å². The molecule has 0 bridgehead atoms. The van der Waals surface area contributed by atoms with E-state index in [1.807, 2.05) is 44.2 Å². The van der Waals surface area contributed by atoms with Gasteiger partial charge in [0.15, 0.2) is 0 Å². The Labute approximate surface area is 150 Å². The highest BCUT2D eigenvalue weighted by molar-refractivity contribution is 7.99. The number of nitrogens with one attached hydrogen (secondary N) is 1. The smallest absolute Gasteiger partial charge is 0.230 e. The van der Waals surface area contributed by atoms with Crippen molar-refractivity contribution in [2.45, 2.75) is 24.9 Å². The van der Waals surface area contributed by atoms with Crippen LogP contribution in [0.15, 0.2) is 59.6 Å². The van der Waals surface area contributed by atoms with Crippen molar-refractivity contribution in [1.29, 1.82) is 0 Å². The van der Waals surface area contributed by atoms with Gasteiger partial charge in [0.1, 0.15) is 5.82 Å². The Balaban J connectivity index is 1.61. The summed E-state index contributed by atoms with van der Waals surface area (Å²) in [4.78, 5) is 16.8. The van der Waals surface area contributed by atoms with E-state index in [0.717, 1.165) is 27.1 Å². The van der Waals surface area contributed by atoms with Crippen LogP contribution in [0.25, 0.3) is 10.9 Å². The molecule has 1 amide bonds. The number of hydrogen-bond acceptors (Lipinski definition) is 3. The monoisotopic (exact) mass is 354 g/mol. The van der Waals surface area contributed by atoms with Crippen LogP contribution >= 0.6 is 11.8 Å². The largest absolute Gasteiger partial charge is 0.349 e. The first-order valence-electron chi connectivity index (χ1n) is 8.07. The summed E-state index contributed by atoms with van der Waals surface area (Å²) in [5.41, 5.74) is 2.96. The standard InChI is InChI=1S/C20H19FN2OS/c1-13-11-20(23-18-6-4-3-5-17(13)18)25-12-19(24)22-14(2)15-7-9-16(21)10-8-15/h3-11,14H,12H2,1-2H3,(H,22,24). The molecule has 1 unspecified atom stereocenters. The molecule has 1 heterocycles. The van der Waals surface area contributed by atoms with E-state index < -0.39 is 0 Å². The molecule has 3 aromatic rings. The molecule has 1 aromatic heterocycles. The SMILES string of the molecule is Cc1cc(SCC(=O)NC(C)c2ccc(F)cc2)nc2ccccc12. The third-order valence-electron chi connectivity index (χ3n) is 4.00. The van der Waals surface area contributed by atoms with Gasteiger partial charge in [0.05, 0.1) is 22.3 Å². The Morgan fingerprint density at radius 1 is 1.20 bits per heavy atom. The number of para-hydroxylation sites is 1. The zero-order chi connectivity index (χ0) is 17.8. The van der Waals surface area contributed by atoms with E-state index in [2.05, 4.69) is 10.3 Å². The number of fused-ring (bicyclic) bond motifs is 1. The maximum Gasteiger partial charge on any atom is 0.230 e. The van der Waals surface area contributed by atoms with Crippen molar-refractivity contribution < 1.29 is 9.18 Å². The molecular weight excluding hydrogens is 335 g/mol. The number of halogens is 1. The maximum atomic E-state index is 13.0. The third kappa shape index (κ3) is 4.37. The molecule has 0 aliphatic heterocycles. The number of thioether (sulfide) groups is 1. The fraction of sp³-hybridized carbons (Fsp3) is 0.200. The van der Waals surface area contributed by atoms with Crippen molar-refractivity contribution in [2.75, 3.05) is 5.75 Å². The van der Waals surface area contributed by atoms with Crippen LogP contribution in [0.4, 0.5) is 4.39 Å². The van der Waals surface area contributed by atoms with Crippen LogP contribution in [-0.4, -0.2) is 16.6 Å². The molecule has 0 saturated carbocycles. The van der Waals surface area contributed by atoms with Gasteiger partial charge in [-0.1, -0.05) is 42.1 Å². The molecule has 1 atom stereocenters. The van der Waals surface area contributed by atoms with Crippen LogP contribution in [0.2, 0.25) is 0 Å². The highest BCUT2D eigenvalue weighted by atomic mass is 32.2. The predicted octanol–water partition coefficient (Wildman–Crippen LogP) is 4.65. The minimum atomic E-state index is -0.282. The van der Waals surface area contributed by atoms with Gasteiger partial charge in [-0.25, -0.2) is 9.37 Å². The lowest BCUT2D eigenvalue weighted by atomic mass is 10.1. The Hall–Kier alpha value is -2.40. The number of nitrogens with zero attached hydrogens (tertiary/aromatic N) is 1. The maximum absolute atomic E-state index is 13.0. The number of rotatable bonds is 5. The fourth-order valence-corrected chi connectivity index (χ4v) is 3.44. The molecule has 0 saturated heterocycles. The van der Waals surface area contributed by atoms with Gasteiger partial charge in [-0.05, 0) is 49.2 Å². The second kappa shape index (κ2) is 7.66. The number of pyridine rings is 1. The lowest BCUT2D eigenvalue weighted by Crippen LogP contribution is -2.28. The topological polar surface area (TPSA) is 42.0 Å². The summed E-state index contributed by atoms with van der Waals surface area (Å²) in [6.45, 7) is 3.93. The first-order valence-corrected chi connectivity index (χ1v) is 9.05. The Kier molecular flexibility index (Phi) is 5.34. The van der Waals surface area contributed by atoms with Crippen molar-refractivity contribution in [3.8, 4) is 0 Å². The summed E-state index contributed by atoms with van der Waals surface area (Å²) in [5, 5.41) is 4.89. The average molecular weight is 354 g/mol. The third-order valence-corrected chi connectivity index (χ3v) is 4.91. The Morgan fingerprint density at radius 2 is 1.92 bits per heavy atom. The molecule has 128 valence electrons. The molecule has 0 spiro atoms. The highest BCUT2D eigenvalue weighted by Gasteiger charge is 2.11. The second-order valence-corrected chi connectivity index (χ2v) is 6.92. The minimum Gasteiger partial charge on any atom is -0.349 e. The van der Waals surface area contributed by atoms with E-state index in [1.54, 1.807) is 12.1 Å². The lowest BCUT2D eigenvalue weighted by Gasteiger charge is -2.14. The fourth-order valence-electron chi connectivity index (χ4n) is 2.65. The highest BCUT2D eigenvalue weighted by Crippen LogP contribution is 2.23. The summed E-state index contributed by atoms with van der Waals surface area (Å²) in [6, 6.07) is 16.0. The molecule has 0 fully saturated rings. The summed E-state index contributed by atoms with van der Waals surface area (Å²) < 4.78 is 13.0. The van der Waals surface area contributed by atoms with Crippen LogP contribution < -0.4 is 5.32 Å². The van der Waals surface area contributed by atoms with Crippen molar-refractivity contribution in [3.63, 3.8) is 0 Å². The van der Waals surface area contributed by atoms with Gasteiger partial charge in [0, 0.05) is 5.39 Å². The van der Waals surface area contributed by atoms with E-state index in [-0.39, 0.29) is 23.5 Å². The zero-order valence-corrected chi connectivity index (χ0v) is 14.9. The molecular formula is C20H19FN2OS. The summed E-state index contributed by atoms with van der Waals surface area (Å²) in [7, 11) is 0. The molecule has 0 radical (unpaired) electrons. The Bertz CT molecular complexity index is 896. The van der Waals surface area contributed by atoms with Crippen LogP contribution in [0.5, 0.6) is 0 Å².